The van der Waals surface area contributed by atoms with Crippen LogP contribution in [0.1, 0.15) is 23.3 Å². The molecular weight excluding hydrogens is 325 g/mol. The lowest BCUT2D eigenvalue weighted by Crippen LogP contribution is -2.25. The summed E-state index contributed by atoms with van der Waals surface area (Å²) in [6.45, 7) is 0.925. The van der Waals surface area contributed by atoms with E-state index < -0.39 is 0 Å². The zero-order valence-electron chi connectivity index (χ0n) is 10.5. The fraction of sp³-hybridized carbons (Fsp3) is 0.333. The largest absolute Gasteiger partial charge is 0.363 e. The summed E-state index contributed by atoms with van der Waals surface area (Å²) in [5, 5.41) is 2.80. The van der Waals surface area contributed by atoms with Gasteiger partial charge in [-0.25, -0.2) is 4.39 Å². The van der Waals surface area contributed by atoms with E-state index in [-0.39, 0.29) is 5.82 Å². The molecule has 1 fully saturated rings. The maximum absolute atomic E-state index is 13.4. The molecule has 0 amide bonds. The molecule has 1 nitrogen and oxygen atoms in total. The molecule has 0 radical (unpaired) electrons. The highest BCUT2D eigenvalue weighted by Gasteiger charge is 2.30. The van der Waals surface area contributed by atoms with Crippen LogP contribution in [-0.2, 0) is 11.9 Å². The number of halogens is 2. The Morgan fingerprint density at radius 1 is 1.32 bits per heavy atom. The van der Waals surface area contributed by atoms with E-state index in [4.69, 9.17) is 0 Å². The van der Waals surface area contributed by atoms with Crippen molar-refractivity contribution in [2.45, 2.75) is 30.8 Å². The lowest BCUT2D eigenvalue weighted by molar-refractivity contribution is 0.625. The lowest BCUT2D eigenvalue weighted by atomic mass is 10.1. The predicted molar refractivity (Wildman–Crippen MR) is 82.6 cm³/mol. The van der Waals surface area contributed by atoms with Crippen LogP contribution >= 0.6 is 27.3 Å². The van der Waals surface area contributed by atoms with Crippen molar-refractivity contribution in [3.8, 4) is 0 Å². The lowest BCUT2D eigenvalue weighted by Gasteiger charge is -2.26. The third kappa shape index (κ3) is 3.00. The molecule has 19 heavy (non-hydrogen) atoms. The van der Waals surface area contributed by atoms with Crippen LogP contribution in [0.25, 0.3) is 0 Å². The van der Waals surface area contributed by atoms with Crippen LogP contribution in [0, 0.1) is 5.82 Å². The van der Waals surface area contributed by atoms with Crippen LogP contribution in [0.4, 0.5) is 10.1 Å². The first-order valence-corrected chi connectivity index (χ1v) is 8.41. The average molecular weight is 340 g/mol. The molecule has 0 atom stereocenters. The van der Waals surface area contributed by atoms with Gasteiger partial charge in [0.1, 0.15) is 5.82 Å². The van der Waals surface area contributed by atoms with Gasteiger partial charge in [0.2, 0.25) is 0 Å². The molecule has 0 saturated heterocycles. The van der Waals surface area contributed by atoms with Crippen molar-refractivity contribution in [3.05, 3.63) is 52.0 Å². The van der Waals surface area contributed by atoms with E-state index in [1.54, 1.807) is 23.5 Å². The number of benzene rings is 1. The van der Waals surface area contributed by atoms with Gasteiger partial charge < -0.3 is 4.90 Å². The number of nitrogens with zero attached hydrogens (tertiary/aromatic N) is 1. The first-order chi connectivity index (χ1) is 9.28. The molecule has 100 valence electrons. The van der Waals surface area contributed by atoms with Crippen molar-refractivity contribution in [2.75, 3.05) is 4.90 Å². The molecule has 1 heterocycles. The van der Waals surface area contributed by atoms with Gasteiger partial charge in [-0.2, -0.15) is 0 Å². The van der Waals surface area contributed by atoms with Gasteiger partial charge in [-0.15, -0.1) is 11.3 Å². The van der Waals surface area contributed by atoms with E-state index in [0.717, 1.165) is 17.8 Å². The maximum atomic E-state index is 13.4. The molecule has 1 saturated carbocycles. The summed E-state index contributed by atoms with van der Waals surface area (Å²) in [7, 11) is 0. The van der Waals surface area contributed by atoms with Gasteiger partial charge in [0.15, 0.2) is 0 Å². The summed E-state index contributed by atoms with van der Waals surface area (Å²) in [6, 6.07) is 9.97. The average Bonchev–Trinajstić information content (AvgIpc) is 3.13. The molecule has 1 aromatic carbocycles. The summed E-state index contributed by atoms with van der Waals surface area (Å²) in [5.41, 5.74) is 2.19. The Labute approximate surface area is 125 Å². The quantitative estimate of drug-likeness (QED) is 0.696. The van der Waals surface area contributed by atoms with Crippen molar-refractivity contribution >= 4 is 33.0 Å². The highest BCUT2D eigenvalue weighted by molar-refractivity contribution is 9.08. The van der Waals surface area contributed by atoms with Crippen LogP contribution in [0.15, 0.2) is 35.7 Å². The maximum Gasteiger partial charge on any atom is 0.123 e. The van der Waals surface area contributed by atoms with Gasteiger partial charge in [-0.05, 0) is 48.1 Å². The fourth-order valence-electron chi connectivity index (χ4n) is 2.31. The number of hydrogen-bond donors (Lipinski definition) is 0. The van der Waals surface area contributed by atoms with Gasteiger partial charge in [-0.1, -0.05) is 22.0 Å². The highest BCUT2D eigenvalue weighted by atomic mass is 79.9. The van der Waals surface area contributed by atoms with Crippen molar-refractivity contribution in [1.82, 2.24) is 0 Å². The molecule has 0 bridgehead atoms. The Kier molecular flexibility index (Phi) is 3.89. The molecule has 0 aliphatic heterocycles. The zero-order valence-corrected chi connectivity index (χ0v) is 12.9. The van der Waals surface area contributed by atoms with Gasteiger partial charge >= 0.3 is 0 Å². The minimum Gasteiger partial charge on any atom is -0.363 e. The van der Waals surface area contributed by atoms with E-state index in [9.17, 15) is 4.39 Å². The number of anilines is 1. The van der Waals surface area contributed by atoms with E-state index in [0.29, 0.717) is 11.4 Å². The molecule has 4 heteroatoms. The van der Waals surface area contributed by atoms with Crippen LogP contribution in [0.2, 0.25) is 0 Å². The Morgan fingerprint density at radius 3 is 2.79 bits per heavy atom. The molecule has 1 aliphatic rings. The zero-order chi connectivity index (χ0) is 13.2. The van der Waals surface area contributed by atoms with Crippen LogP contribution in [-0.4, -0.2) is 6.04 Å². The SMILES string of the molecule is Fc1ccc(N(Cc2cccs2)C2CC2)c(CBr)c1. The summed E-state index contributed by atoms with van der Waals surface area (Å²) in [6.07, 6.45) is 2.48. The van der Waals surface area contributed by atoms with E-state index >= 15 is 0 Å². The van der Waals surface area contributed by atoms with Crippen molar-refractivity contribution in [3.63, 3.8) is 0 Å². The Morgan fingerprint density at radius 2 is 2.16 bits per heavy atom. The van der Waals surface area contributed by atoms with Crippen LogP contribution < -0.4 is 4.90 Å². The third-order valence-corrected chi connectivity index (χ3v) is 4.85. The molecule has 0 N–H and O–H groups in total. The molecule has 0 spiro atoms. The van der Waals surface area contributed by atoms with Crippen molar-refractivity contribution < 1.29 is 4.39 Å². The van der Waals surface area contributed by atoms with E-state index in [1.165, 1.54) is 17.7 Å². The molecule has 1 aliphatic carbocycles. The Bertz CT molecular complexity index is 551. The minimum absolute atomic E-state index is 0.162. The highest BCUT2D eigenvalue weighted by Crippen LogP contribution is 2.36. The monoisotopic (exact) mass is 339 g/mol. The smallest absolute Gasteiger partial charge is 0.123 e. The van der Waals surface area contributed by atoms with E-state index in [2.05, 4.69) is 38.3 Å². The second-order valence-corrected chi connectivity index (χ2v) is 6.44. The molecular formula is C15H15BrFNS. The second kappa shape index (κ2) is 5.63. The van der Waals surface area contributed by atoms with Gasteiger partial charge in [0, 0.05) is 21.9 Å². The van der Waals surface area contributed by atoms with Gasteiger partial charge in [-0.3, -0.25) is 0 Å². The minimum atomic E-state index is -0.162. The number of thiophene rings is 1. The standard InChI is InChI=1S/C15H15BrFNS/c16-9-11-8-12(17)3-6-15(11)18(13-4-5-13)10-14-2-1-7-19-14/h1-3,6-8,13H,4-5,9-10H2. The summed E-state index contributed by atoms with van der Waals surface area (Å²) in [4.78, 5) is 3.78. The fourth-order valence-corrected chi connectivity index (χ4v) is 3.46. The van der Waals surface area contributed by atoms with Gasteiger partial charge in [0.25, 0.3) is 0 Å². The summed E-state index contributed by atoms with van der Waals surface area (Å²) >= 11 is 5.25. The summed E-state index contributed by atoms with van der Waals surface area (Å²) < 4.78 is 13.4. The van der Waals surface area contributed by atoms with E-state index in [1.807, 2.05) is 6.07 Å². The second-order valence-electron chi connectivity index (χ2n) is 4.85. The normalized spacial score (nSPS) is 14.6. The van der Waals surface area contributed by atoms with Gasteiger partial charge in [0.05, 0.1) is 6.54 Å². The number of rotatable bonds is 5. The third-order valence-electron chi connectivity index (χ3n) is 3.39. The Hall–Kier alpha value is -0.870. The number of alkyl halides is 1. The molecule has 0 unspecified atom stereocenters. The number of hydrogen-bond acceptors (Lipinski definition) is 2. The van der Waals surface area contributed by atoms with Crippen LogP contribution in [0.5, 0.6) is 0 Å². The topological polar surface area (TPSA) is 3.24 Å². The first kappa shape index (κ1) is 13.1. The predicted octanol–water partition coefficient (Wildman–Crippen LogP) is 4.95. The molecule has 3 rings (SSSR count). The summed E-state index contributed by atoms with van der Waals surface area (Å²) in [5.74, 6) is -0.162. The van der Waals surface area contributed by atoms with Crippen molar-refractivity contribution in [1.29, 1.82) is 0 Å². The van der Waals surface area contributed by atoms with Crippen LogP contribution in [0.3, 0.4) is 0 Å². The Balaban J connectivity index is 1.91. The van der Waals surface area contributed by atoms with Crippen molar-refractivity contribution in [2.24, 2.45) is 0 Å². The molecule has 2 aromatic rings. The molecule has 1 aromatic heterocycles. The first-order valence-electron chi connectivity index (χ1n) is 6.41.